The quantitative estimate of drug-likeness (QED) is 0.181. The minimum absolute atomic E-state index is 0.263. The highest BCUT2D eigenvalue weighted by Gasteiger charge is 2.12. The van der Waals surface area contributed by atoms with Crippen LogP contribution in [0.25, 0.3) is 0 Å². The van der Waals surface area contributed by atoms with Crippen molar-refractivity contribution < 1.29 is 23.7 Å². The van der Waals surface area contributed by atoms with Gasteiger partial charge in [0.15, 0.2) is 0 Å². The molecule has 5 heteroatoms. The van der Waals surface area contributed by atoms with Crippen molar-refractivity contribution in [3.05, 3.63) is 106 Å². The van der Waals surface area contributed by atoms with E-state index in [1.165, 1.54) is 0 Å². The highest BCUT2D eigenvalue weighted by atomic mass is 16.5. The van der Waals surface area contributed by atoms with Gasteiger partial charge in [0.1, 0.15) is 40.3 Å². The van der Waals surface area contributed by atoms with Crippen LogP contribution in [0.2, 0.25) is 0 Å². The molecule has 0 bridgehead atoms. The molecule has 0 amide bonds. The van der Waals surface area contributed by atoms with Gasteiger partial charge in [0.2, 0.25) is 0 Å². The summed E-state index contributed by atoms with van der Waals surface area (Å²) >= 11 is 0. The lowest BCUT2D eigenvalue weighted by molar-refractivity contribution is -0.119. The van der Waals surface area contributed by atoms with Crippen LogP contribution >= 0.6 is 0 Å². The van der Waals surface area contributed by atoms with Gasteiger partial charge >= 0.3 is 0 Å². The second-order valence-electron chi connectivity index (χ2n) is 10.2. The summed E-state index contributed by atoms with van der Waals surface area (Å²) in [5.74, 6) is 4.93. The normalized spacial score (nSPS) is 10.8. The Labute approximate surface area is 237 Å². The number of hydrogen-bond acceptors (Lipinski definition) is 5. The number of aryl methyl sites for hydroxylation is 6. The first kappa shape index (κ1) is 28.8. The molecule has 0 aliphatic carbocycles. The van der Waals surface area contributed by atoms with Crippen molar-refractivity contribution in [1.29, 1.82) is 0 Å². The Balaban J connectivity index is 1.32. The topological polar surface area (TPSA) is 54.0 Å². The summed E-state index contributed by atoms with van der Waals surface area (Å²) in [5.41, 5.74) is 6.49. The molecular formula is C35H38O5. The summed E-state index contributed by atoms with van der Waals surface area (Å²) in [7, 11) is 3.28. The second kappa shape index (κ2) is 13.2. The van der Waals surface area contributed by atoms with Crippen LogP contribution in [0.4, 0.5) is 0 Å². The molecule has 4 rings (SSSR count). The van der Waals surface area contributed by atoms with E-state index in [-0.39, 0.29) is 5.78 Å². The zero-order valence-corrected chi connectivity index (χ0v) is 24.3. The first-order valence-corrected chi connectivity index (χ1v) is 13.6. The molecule has 4 aromatic carbocycles. The van der Waals surface area contributed by atoms with E-state index < -0.39 is 0 Å². The molecule has 0 N–H and O–H groups in total. The molecule has 4 aromatic rings. The summed E-state index contributed by atoms with van der Waals surface area (Å²) < 4.78 is 22.9. The molecule has 0 heterocycles. The molecule has 0 saturated carbocycles. The van der Waals surface area contributed by atoms with Crippen LogP contribution in [-0.4, -0.2) is 20.0 Å². The number of methoxy groups -OCH3 is 2. The minimum Gasteiger partial charge on any atom is -0.497 e. The minimum atomic E-state index is 0.263. The fourth-order valence-electron chi connectivity index (χ4n) is 4.95. The number of rotatable bonds is 12. The lowest BCUT2D eigenvalue weighted by Crippen LogP contribution is -2.04. The fraction of sp³-hybridized carbons (Fsp3) is 0.286. The van der Waals surface area contributed by atoms with E-state index in [1.54, 1.807) is 14.2 Å². The molecule has 0 aliphatic heterocycles. The first-order valence-electron chi connectivity index (χ1n) is 13.6. The van der Waals surface area contributed by atoms with Crippen LogP contribution in [0.1, 0.15) is 46.2 Å². The fourth-order valence-corrected chi connectivity index (χ4v) is 4.95. The molecular weight excluding hydrogens is 500 g/mol. The molecule has 0 aliphatic rings. The molecule has 5 nitrogen and oxygen atoms in total. The smallest absolute Gasteiger partial charge is 0.133 e. The number of benzene rings is 4. The molecule has 0 spiro atoms. The van der Waals surface area contributed by atoms with Gasteiger partial charge < -0.3 is 18.9 Å². The molecule has 0 aromatic heterocycles. The van der Waals surface area contributed by atoms with Crippen LogP contribution in [0.5, 0.6) is 34.5 Å². The highest BCUT2D eigenvalue weighted by molar-refractivity contribution is 5.79. The van der Waals surface area contributed by atoms with Gasteiger partial charge in [-0.2, -0.15) is 0 Å². The first-order chi connectivity index (χ1) is 19.2. The molecule has 0 atom stereocenters. The number of ether oxygens (including phenoxy) is 4. The van der Waals surface area contributed by atoms with E-state index in [4.69, 9.17) is 18.9 Å². The van der Waals surface area contributed by atoms with Gasteiger partial charge in [-0.25, -0.2) is 0 Å². The summed E-state index contributed by atoms with van der Waals surface area (Å²) in [6.07, 6.45) is 2.46. The highest BCUT2D eigenvalue weighted by Crippen LogP contribution is 2.33. The maximum atomic E-state index is 12.8. The van der Waals surface area contributed by atoms with E-state index in [0.29, 0.717) is 25.7 Å². The lowest BCUT2D eigenvalue weighted by atomic mass is 9.98. The SMILES string of the molecule is COc1cccc(Oc2c(C)cc(CCC(=O)CCc3cc(C)c(Oc4cccc(OC)c4)c(C)c3)cc2C)c1. The monoisotopic (exact) mass is 538 g/mol. The van der Waals surface area contributed by atoms with Crippen LogP contribution in [0.3, 0.4) is 0 Å². The van der Waals surface area contributed by atoms with Gasteiger partial charge in [0.05, 0.1) is 14.2 Å². The van der Waals surface area contributed by atoms with Crippen LogP contribution in [0, 0.1) is 27.7 Å². The molecule has 0 fully saturated rings. The van der Waals surface area contributed by atoms with Gasteiger partial charge in [-0.3, -0.25) is 4.79 Å². The predicted octanol–water partition coefficient (Wildman–Crippen LogP) is 8.66. The Bertz CT molecular complexity index is 1330. The number of hydrogen-bond donors (Lipinski definition) is 0. The van der Waals surface area contributed by atoms with Crippen molar-refractivity contribution in [3.63, 3.8) is 0 Å². The van der Waals surface area contributed by atoms with Crippen molar-refractivity contribution in [2.24, 2.45) is 0 Å². The summed E-state index contributed by atoms with van der Waals surface area (Å²) in [4.78, 5) is 12.8. The van der Waals surface area contributed by atoms with Gasteiger partial charge in [0.25, 0.3) is 0 Å². The third-order valence-electron chi connectivity index (χ3n) is 6.95. The third kappa shape index (κ3) is 7.44. The Morgan fingerprint density at radius 2 is 0.900 bits per heavy atom. The molecule has 208 valence electrons. The van der Waals surface area contributed by atoms with Crippen LogP contribution < -0.4 is 18.9 Å². The maximum Gasteiger partial charge on any atom is 0.133 e. The van der Waals surface area contributed by atoms with E-state index in [9.17, 15) is 4.79 Å². The van der Waals surface area contributed by atoms with Crippen molar-refractivity contribution in [1.82, 2.24) is 0 Å². The van der Waals surface area contributed by atoms with Gasteiger partial charge in [-0.15, -0.1) is 0 Å². The third-order valence-corrected chi connectivity index (χ3v) is 6.95. The van der Waals surface area contributed by atoms with E-state index in [0.717, 1.165) is 67.9 Å². The Morgan fingerprint density at radius 1 is 0.550 bits per heavy atom. The van der Waals surface area contributed by atoms with E-state index in [1.807, 2.05) is 76.2 Å². The zero-order valence-electron chi connectivity index (χ0n) is 24.3. The van der Waals surface area contributed by atoms with Gasteiger partial charge in [-0.1, -0.05) is 36.4 Å². The zero-order chi connectivity index (χ0) is 28.6. The largest absolute Gasteiger partial charge is 0.497 e. The maximum absolute atomic E-state index is 12.8. The molecule has 40 heavy (non-hydrogen) atoms. The van der Waals surface area contributed by atoms with Crippen molar-refractivity contribution in [2.45, 2.75) is 53.4 Å². The molecule has 0 saturated heterocycles. The number of Topliss-reactive ketones (excluding diaryl/α,β-unsaturated/α-hetero) is 1. The average molecular weight is 539 g/mol. The summed E-state index contributed by atoms with van der Waals surface area (Å²) in [6, 6.07) is 23.6. The Hall–Kier alpha value is -4.25. The summed E-state index contributed by atoms with van der Waals surface area (Å²) in [6.45, 7) is 8.17. The van der Waals surface area contributed by atoms with Gasteiger partial charge in [-0.05, 0) is 98.2 Å². The van der Waals surface area contributed by atoms with E-state index in [2.05, 4.69) is 24.3 Å². The van der Waals surface area contributed by atoms with Crippen molar-refractivity contribution in [2.75, 3.05) is 14.2 Å². The summed E-state index contributed by atoms with van der Waals surface area (Å²) in [5, 5.41) is 0. The van der Waals surface area contributed by atoms with Crippen molar-refractivity contribution >= 4 is 5.78 Å². The van der Waals surface area contributed by atoms with Crippen molar-refractivity contribution in [3.8, 4) is 34.5 Å². The Kier molecular flexibility index (Phi) is 9.49. The second-order valence-corrected chi connectivity index (χ2v) is 10.2. The standard InChI is InChI=1S/C35H38O5/c1-23-17-27(18-24(2)34(23)39-32-11-7-9-30(21-32)37-5)13-15-29(36)16-14-28-19-25(3)35(26(4)20-28)40-33-12-8-10-31(22-33)38-6/h7-12,17-22H,13-16H2,1-6H3. The average Bonchev–Trinajstić information content (AvgIpc) is 2.95. The number of ketones is 1. The number of carbonyl (C=O) groups excluding carboxylic acids is 1. The van der Waals surface area contributed by atoms with E-state index >= 15 is 0 Å². The lowest BCUT2D eigenvalue weighted by Gasteiger charge is -2.15. The van der Waals surface area contributed by atoms with Gasteiger partial charge in [0, 0.05) is 25.0 Å². The van der Waals surface area contributed by atoms with Crippen LogP contribution in [0.15, 0.2) is 72.8 Å². The number of carbonyl (C=O) groups is 1. The molecule has 0 radical (unpaired) electrons. The Morgan fingerprint density at radius 3 is 1.25 bits per heavy atom. The molecule has 0 unspecified atom stereocenters. The predicted molar refractivity (Wildman–Crippen MR) is 160 cm³/mol. The van der Waals surface area contributed by atoms with Crippen LogP contribution in [-0.2, 0) is 17.6 Å².